The summed E-state index contributed by atoms with van der Waals surface area (Å²) in [5.41, 5.74) is 5.00. The molecule has 2 heterocycles. The predicted octanol–water partition coefficient (Wildman–Crippen LogP) is 2.06. The first kappa shape index (κ1) is 12.9. The number of alkyl halides is 3. The van der Waals surface area contributed by atoms with Gasteiger partial charge in [-0.1, -0.05) is 6.08 Å². The molecule has 2 N–H and O–H groups in total. The van der Waals surface area contributed by atoms with Gasteiger partial charge in [-0.25, -0.2) is 4.98 Å². The summed E-state index contributed by atoms with van der Waals surface area (Å²) in [5.74, 6) is -0.388. The fourth-order valence-electron chi connectivity index (χ4n) is 1.66. The lowest BCUT2D eigenvalue weighted by atomic mass is 10.1. The fraction of sp³-hybridized carbons (Fsp3) is 0.400. The van der Waals surface area contributed by atoms with Gasteiger partial charge < -0.3 is 10.6 Å². The Balaban J connectivity index is 2.06. The average molecular weight is 277 g/mol. The van der Waals surface area contributed by atoms with Crippen LogP contribution in [0.25, 0.3) is 0 Å². The number of hydrogen-bond acceptors (Lipinski definition) is 4. The number of nitrogens with zero attached hydrogens (tertiary/aromatic N) is 2. The lowest BCUT2D eigenvalue weighted by Gasteiger charge is -2.26. The molecule has 0 saturated heterocycles. The van der Waals surface area contributed by atoms with E-state index >= 15 is 0 Å². The molecule has 0 aromatic carbocycles. The second-order valence-electron chi connectivity index (χ2n) is 3.80. The van der Waals surface area contributed by atoms with Crippen LogP contribution in [0, 0.1) is 0 Å². The number of rotatable bonds is 1. The maximum absolute atomic E-state index is 12.4. The predicted molar refractivity (Wildman–Crippen MR) is 61.2 cm³/mol. The molecule has 0 atom stereocenters. The van der Waals surface area contributed by atoms with Gasteiger partial charge in [0.1, 0.15) is 5.69 Å². The zero-order valence-electron chi connectivity index (χ0n) is 9.20. The SMILES string of the molecule is Nc1nc(C(=O)N2CC=C(C(F)(F)F)CC2)cs1. The van der Waals surface area contributed by atoms with Crippen molar-refractivity contribution in [3.8, 4) is 0 Å². The molecular formula is C10H10F3N3OS. The minimum atomic E-state index is -4.31. The third-order valence-electron chi connectivity index (χ3n) is 2.60. The smallest absolute Gasteiger partial charge is 0.375 e. The molecule has 1 amide bonds. The first-order chi connectivity index (χ1) is 8.38. The molecule has 8 heteroatoms. The third-order valence-corrected chi connectivity index (χ3v) is 3.28. The second kappa shape index (κ2) is 4.60. The van der Waals surface area contributed by atoms with E-state index in [2.05, 4.69) is 4.98 Å². The molecule has 1 aromatic rings. The number of aromatic nitrogens is 1. The summed E-state index contributed by atoms with van der Waals surface area (Å²) < 4.78 is 37.2. The van der Waals surface area contributed by atoms with Crippen LogP contribution in [0.5, 0.6) is 0 Å². The van der Waals surface area contributed by atoms with Crippen molar-refractivity contribution in [1.82, 2.24) is 9.88 Å². The largest absolute Gasteiger partial charge is 0.412 e. The zero-order valence-corrected chi connectivity index (χ0v) is 10.0. The molecule has 0 saturated carbocycles. The number of nitrogens with two attached hydrogens (primary N) is 1. The Kier molecular flexibility index (Phi) is 3.29. The summed E-state index contributed by atoms with van der Waals surface area (Å²) in [6.07, 6.45) is -3.45. The van der Waals surface area contributed by atoms with E-state index in [1.54, 1.807) is 0 Å². The van der Waals surface area contributed by atoms with E-state index in [1.165, 1.54) is 10.3 Å². The van der Waals surface area contributed by atoms with Crippen LogP contribution in [0.1, 0.15) is 16.9 Å². The number of carbonyl (C=O) groups is 1. The number of anilines is 1. The van der Waals surface area contributed by atoms with Gasteiger partial charge in [0.25, 0.3) is 5.91 Å². The Morgan fingerprint density at radius 1 is 1.50 bits per heavy atom. The highest BCUT2D eigenvalue weighted by Gasteiger charge is 2.35. The molecule has 18 heavy (non-hydrogen) atoms. The fourth-order valence-corrected chi connectivity index (χ4v) is 2.20. The summed E-state index contributed by atoms with van der Waals surface area (Å²) in [5, 5.41) is 1.77. The summed E-state index contributed by atoms with van der Waals surface area (Å²) in [6, 6.07) is 0. The van der Waals surface area contributed by atoms with E-state index in [-0.39, 0.29) is 36.2 Å². The summed E-state index contributed by atoms with van der Waals surface area (Å²) in [4.78, 5) is 17.0. The number of carbonyl (C=O) groups excluding carboxylic acids is 1. The Morgan fingerprint density at radius 3 is 2.67 bits per heavy atom. The van der Waals surface area contributed by atoms with Gasteiger partial charge in [0.05, 0.1) is 0 Å². The molecule has 1 aromatic heterocycles. The van der Waals surface area contributed by atoms with Gasteiger partial charge in [-0.05, 0) is 6.42 Å². The molecule has 0 spiro atoms. The lowest BCUT2D eigenvalue weighted by Crippen LogP contribution is -2.36. The molecule has 0 unspecified atom stereocenters. The molecular weight excluding hydrogens is 267 g/mol. The topological polar surface area (TPSA) is 59.2 Å². The number of nitrogen functional groups attached to an aromatic ring is 1. The molecule has 2 rings (SSSR count). The van der Waals surface area contributed by atoms with Crippen LogP contribution < -0.4 is 5.73 Å². The zero-order chi connectivity index (χ0) is 13.3. The van der Waals surface area contributed by atoms with E-state index < -0.39 is 11.7 Å². The van der Waals surface area contributed by atoms with Crippen molar-refractivity contribution in [2.24, 2.45) is 0 Å². The van der Waals surface area contributed by atoms with Gasteiger partial charge in [-0.2, -0.15) is 13.2 Å². The minimum absolute atomic E-state index is 0.0433. The molecule has 1 aliphatic rings. The monoisotopic (exact) mass is 277 g/mol. The molecule has 0 bridgehead atoms. The van der Waals surface area contributed by atoms with Crippen molar-refractivity contribution in [2.75, 3.05) is 18.8 Å². The van der Waals surface area contributed by atoms with Crippen molar-refractivity contribution in [1.29, 1.82) is 0 Å². The molecule has 0 aliphatic carbocycles. The van der Waals surface area contributed by atoms with Crippen molar-refractivity contribution in [3.63, 3.8) is 0 Å². The van der Waals surface area contributed by atoms with Gasteiger partial charge in [-0.15, -0.1) is 11.3 Å². The highest BCUT2D eigenvalue weighted by molar-refractivity contribution is 7.13. The maximum Gasteiger partial charge on any atom is 0.412 e. The Hall–Kier alpha value is -1.57. The van der Waals surface area contributed by atoms with Crippen molar-refractivity contribution in [2.45, 2.75) is 12.6 Å². The standard InChI is InChI=1S/C10H10F3N3OS/c11-10(12,13)6-1-3-16(4-2-6)8(17)7-5-18-9(14)15-7/h1,5H,2-4H2,(H2,14,15). The van der Waals surface area contributed by atoms with Crippen molar-refractivity contribution < 1.29 is 18.0 Å². The van der Waals surface area contributed by atoms with E-state index in [9.17, 15) is 18.0 Å². The Labute approximate surface area is 105 Å². The summed E-state index contributed by atoms with van der Waals surface area (Å²) in [7, 11) is 0. The number of amides is 1. The van der Waals surface area contributed by atoms with Crippen LogP contribution >= 0.6 is 11.3 Å². The van der Waals surface area contributed by atoms with Crippen LogP contribution in [-0.4, -0.2) is 35.1 Å². The average Bonchev–Trinajstić information content (AvgIpc) is 2.74. The normalized spacial score (nSPS) is 16.6. The molecule has 98 valence electrons. The first-order valence-corrected chi connectivity index (χ1v) is 6.02. The third kappa shape index (κ3) is 2.63. The minimum Gasteiger partial charge on any atom is -0.375 e. The van der Waals surface area contributed by atoms with Crippen LogP contribution in [0.3, 0.4) is 0 Å². The Bertz CT molecular complexity index is 495. The lowest BCUT2D eigenvalue weighted by molar-refractivity contribution is -0.0957. The maximum atomic E-state index is 12.4. The van der Waals surface area contributed by atoms with Crippen LogP contribution in [0.2, 0.25) is 0 Å². The first-order valence-electron chi connectivity index (χ1n) is 5.14. The van der Waals surface area contributed by atoms with Gasteiger partial charge >= 0.3 is 6.18 Å². The van der Waals surface area contributed by atoms with Crippen molar-refractivity contribution >= 4 is 22.4 Å². The highest BCUT2D eigenvalue weighted by atomic mass is 32.1. The van der Waals surface area contributed by atoms with Crippen molar-refractivity contribution in [3.05, 3.63) is 22.7 Å². The molecule has 4 nitrogen and oxygen atoms in total. The highest BCUT2D eigenvalue weighted by Crippen LogP contribution is 2.30. The number of hydrogen-bond donors (Lipinski definition) is 1. The van der Waals surface area contributed by atoms with Crippen LogP contribution in [0.15, 0.2) is 17.0 Å². The van der Waals surface area contributed by atoms with Gasteiger partial charge in [0, 0.05) is 24.0 Å². The van der Waals surface area contributed by atoms with E-state index in [4.69, 9.17) is 5.73 Å². The molecule has 0 radical (unpaired) electrons. The van der Waals surface area contributed by atoms with Gasteiger partial charge in [0.15, 0.2) is 5.13 Å². The van der Waals surface area contributed by atoms with E-state index in [1.807, 2.05) is 0 Å². The van der Waals surface area contributed by atoms with E-state index in [0.29, 0.717) is 0 Å². The summed E-state index contributed by atoms with van der Waals surface area (Å²) in [6.45, 7) is -0.00723. The molecule has 0 fully saturated rings. The van der Waals surface area contributed by atoms with Crippen LogP contribution in [-0.2, 0) is 0 Å². The molecule has 1 aliphatic heterocycles. The van der Waals surface area contributed by atoms with E-state index in [0.717, 1.165) is 17.4 Å². The summed E-state index contributed by atoms with van der Waals surface area (Å²) >= 11 is 1.13. The quantitative estimate of drug-likeness (QED) is 0.799. The van der Waals surface area contributed by atoms with Crippen LogP contribution in [0.4, 0.5) is 18.3 Å². The second-order valence-corrected chi connectivity index (χ2v) is 4.69. The van der Waals surface area contributed by atoms with Gasteiger partial charge in [-0.3, -0.25) is 4.79 Å². The number of halogens is 3. The Morgan fingerprint density at radius 2 is 2.22 bits per heavy atom. The number of thiazole rings is 1. The van der Waals surface area contributed by atoms with Gasteiger partial charge in [0.2, 0.25) is 0 Å².